The van der Waals surface area contributed by atoms with Crippen molar-refractivity contribution >= 4 is 23.1 Å². The fourth-order valence-electron chi connectivity index (χ4n) is 6.41. The monoisotopic (exact) mass is 552 g/mol. The van der Waals surface area contributed by atoms with Gasteiger partial charge in [0, 0.05) is 61.5 Å². The van der Waals surface area contributed by atoms with Crippen LogP contribution < -0.4 is 10.2 Å². The van der Waals surface area contributed by atoms with Gasteiger partial charge in [0.25, 0.3) is 5.91 Å². The molecule has 41 heavy (non-hydrogen) atoms. The van der Waals surface area contributed by atoms with Gasteiger partial charge in [0.05, 0.1) is 11.7 Å². The molecular formula is C32H33FN6O2. The van der Waals surface area contributed by atoms with Crippen LogP contribution in [0.15, 0.2) is 54.6 Å². The lowest BCUT2D eigenvalue weighted by atomic mass is 9.93. The standard InChI is InChI=1S/C32H33FN6O2/c1-19-25-6-4-3-5-21(25)11-14-38(19)32(41)29-16-30(22-7-8-22)39-31(35-29)17-28(36-39)26-10-9-24(15-27(26)33)37-13-12-23(18-37)34-20(2)40/h3-6,9-10,15-17,19,22-23H,7-8,11-14,18H2,1-2H3,(H,34,40)/t19-,23?/m1/s1. The first-order valence-electron chi connectivity index (χ1n) is 14.5. The highest BCUT2D eigenvalue weighted by Gasteiger charge is 2.33. The quantitative estimate of drug-likeness (QED) is 0.381. The molecule has 2 fully saturated rings. The van der Waals surface area contributed by atoms with Gasteiger partial charge in [0.1, 0.15) is 11.5 Å². The highest BCUT2D eigenvalue weighted by Crippen LogP contribution is 2.41. The maximum absolute atomic E-state index is 15.5. The molecular weight excluding hydrogens is 519 g/mol. The second-order valence-electron chi connectivity index (χ2n) is 11.6. The summed E-state index contributed by atoms with van der Waals surface area (Å²) < 4.78 is 17.3. The van der Waals surface area contributed by atoms with E-state index in [-0.39, 0.29) is 29.7 Å². The zero-order chi connectivity index (χ0) is 28.2. The second-order valence-corrected chi connectivity index (χ2v) is 11.6. The number of rotatable bonds is 5. The normalized spacial score (nSPS) is 20.4. The molecule has 4 aromatic rings. The molecule has 4 heterocycles. The van der Waals surface area contributed by atoms with Crippen molar-refractivity contribution < 1.29 is 14.0 Å². The number of nitrogens with zero attached hydrogens (tertiary/aromatic N) is 5. The Morgan fingerprint density at radius 2 is 1.85 bits per heavy atom. The molecule has 0 spiro atoms. The van der Waals surface area contributed by atoms with Gasteiger partial charge in [-0.05, 0) is 68.0 Å². The van der Waals surface area contributed by atoms with Crippen molar-refractivity contribution in [2.24, 2.45) is 0 Å². The number of halogens is 1. The molecule has 0 bridgehead atoms. The molecule has 3 aliphatic rings. The fraction of sp³-hybridized carbons (Fsp3) is 0.375. The Kier molecular flexibility index (Phi) is 6.25. The van der Waals surface area contributed by atoms with Crippen LogP contribution in [0.1, 0.15) is 72.4 Å². The van der Waals surface area contributed by atoms with Crippen LogP contribution in [-0.2, 0) is 11.2 Å². The van der Waals surface area contributed by atoms with Crippen LogP contribution in [0.5, 0.6) is 0 Å². The van der Waals surface area contributed by atoms with Crippen molar-refractivity contribution in [3.8, 4) is 11.3 Å². The van der Waals surface area contributed by atoms with E-state index in [0.29, 0.717) is 41.6 Å². The predicted molar refractivity (Wildman–Crippen MR) is 154 cm³/mol. The lowest BCUT2D eigenvalue weighted by molar-refractivity contribution is -0.119. The van der Waals surface area contributed by atoms with Crippen LogP contribution in [0.3, 0.4) is 0 Å². The second kappa shape index (κ2) is 9.98. The van der Waals surface area contributed by atoms with E-state index in [2.05, 4.69) is 29.3 Å². The summed E-state index contributed by atoms with van der Waals surface area (Å²) in [4.78, 5) is 33.9. The minimum Gasteiger partial charge on any atom is -0.369 e. The Bertz CT molecular complexity index is 1680. The molecule has 2 atom stereocenters. The topological polar surface area (TPSA) is 82.8 Å². The maximum Gasteiger partial charge on any atom is 0.273 e. The molecule has 9 heteroatoms. The molecule has 2 aromatic carbocycles. The summed E-state index contributed by atoms with van der Waals surface area (Å²) in [5.41, 5.74) is 6.06. The first-order chi connectivity index (χ1) is 19.9. The van der Waals surface area contributed by atoms with E-state index >= 15 is 4.39 Å². The summed E-state index contributed by atoms with van der Waals surface area (Å²) in [5, 5.41) is 7.71. The smallest absolute Gasteiger partial charge is 0.273 e. The van der Waals surface area contributed by atoms with E-state index in [9.17, 15) is 9.59 Å². The van der Waals surface area contributed by atoms with Gasteiger partial charge in [0.15, 0.2) is 5.65 Å². The zero-order valence-electron chi connectivity index (χ0n) is 23.3. The van der Waals surface area contributed by atoms with E-state index in [1.54, 1.807) is 16.6 Å². The van der Waals surface area contributed by atoms with Crippen molar-refractivity contribution in [2.75, 3.05) is 24.5 Å². The van der Waals surface area contributed by atoms with E-state index in [4.69, 9.17) is 10.1 Å². The Balaban J connectivity index is 1.18. The molecule has 2 aromatic heterocycles. The summed E-state index contributed by atoms with van der Waals surface area (Å²) in [5.74, 6) is -0.180. The van der Waals surface area contributed by atoms with Crippen LogP contribution in [0, 0.1) is 5.82 Å². The number of nitrogens with one attached hydrogen (secondary N) is 1. The number of benzene rings is 2. The third-order valence-corrected chi connectivity index (χ3v) is 8.71. The van der Waals surface area contributed by atoms with Crippen molar-refractivity contribution in [3.63, 3.8) is 0 Å². The van der Waals surface area contributed by atoms with Crippen molar-refractivity contribution in [2.45, 2.75) is 57.5 Å². The summed E-state index contributed by atoms with van der Waals surface area (Å²) in [6.07, 6.45) is 3.72. The minimum atomic E-state index is -0.362. The number of amides is 2. The van der Waals surface area contributed by atoms with Crippen molar-refractivity contribution in [3.05, 3.63) is 82.9 Å². The van der Waals surface area contributed by atoms with Crippen LogP contribution in [0.4, 0.5) is 10.1 Å². The van der Waals surface area contributed by atoms with E-state index < -0.39 is 0 Å². The highest BCUT2D eigenvalue weighted by atomic mass is 19.1. The molecule has 1 aliphatic carbocycles. The maximum atomic E-state index is 15.5. The van der Waals surface area contributed by atoms with Gasteiger partial charge in [0.2, 0.25) is 5.91 Å². The predicted octanol–water partition coefficient (Wildman–Crippen LogP) is 4.89. The third-order valence-electron chi connectivity index (χ3n) is 8.71. The summed E-state index contributed by atoms with van der Waals surface area (Å²) in [6, 6.07) is 17.2. The number of anilines is 1. The SMILES string of the molecule is CC(=O)NC1CCN(c2ccc(-c3cc4nc(C(=O)N5CCc6ccccc6[C@H]5C)cc(C5CC5)n4n3)c(F)c2)C1. The Morgan fingerprint density at radius 3 is 2.63 bits per heavy atom. The van der Waals surface area contributed by atoms with Gasteiger partial charge in [-0.1, -0.05) is 24.3 Å². The summed E-state index contributed by atoms with van der Waals surface area (Å²) in [6.45, 7) is 5.64. The largest absolute Gasteiger partial charge is 0.369 e. The van der Waals surface area contributed by atoms with E-state index in [0.717, 1.165) is 43.6 Å². The van der Waals surface area contributed by atoms with Crippen LogP contribution in [0.25, 0.3) is 16.9 Å². The van der Waals surface area contributed by atoms with Gasteiger partial charge in [-0.2, -0.15) is 5.10 Å². The van der Waals surface area contributed by atoms with Crippen molar-refractivity contribution in [1.29, 1.82) is 0 Å². The Labute approximate surface area is 238 Å². The minimum absolute atomic E-state index is 0.0351. The zero-order valence-corrected chi connectivity index (χ0v) is 23.3. The number of fused-ring (bicyclic) bond motifs is 2. The molecule has 210 valence electrons. The molecule has 0 radical (unpaired) electrons. The Morgan fingerprint density at radius 1 is 1.02 bits per heavy atom. The number of carbonyl (C=O) groups excluding carboxylic acids is 2. The number of hydrogen-bond donors (Lipinski definition) is 1. The van der Waals surface area contributed by atoms with Crippen LogP contribution in [0.2, 0.25) is 0 Å². The van der Waals surface area contributed by atoms with Crippen LogP contribution >= 0.6 is 0 Å². The molecule has 2 aliphatic heterocycles. The highest BCUT2D eigenvalue weighted by molar-refractivity contribution is 5.93. The van der Waals surface area contributed by atoms with Gasteiger partial charge in [-0.25, -0.2) is 13.9 Å². The summed E-state index contributed by atoms with van der Waals surface area (Å²) >= 11 is 0. The van der Waals surface area contributed by atoms with Gasteiger partial charge in [-0.15, -0.1) is 0 Å². The molecule has 1 saturated heterocycles. The fourth-order valence-corrected chi connectivity index (χ4v) is 6.41. The van der Waals surface area contributed by atoms with Crippen LogP contribution in [-0.4, -0.2) is 57.0 Å². The van der Waals surface area contributed by atoms with Gasteiger partial charge >= 0.3 is 0 Å². The average molecular weight is 553 g/mol. The molecule has 7 rings (SSSR count). The molecule has 1 N–H and O–H groups in total. The first-order valence-corrected chi connectivity index (χ1v) is 14.5. The average Bonchev–Trinajstić information content (AvgIpc) is 3.55. The number of hydrogen-bond acceptors (Lipinski definition) is 5. The lowest BCUT2D eigenvalue weighted by Crippen LogP contribution is -2.39. The molecule has 2 amide bonds. The molecule has 1 unspecified atom stereocenters. The summed E-state index contributed by atoms with van der Waals surface area (Å²) in [7, 11) is 0. The third kappa shape index (κ3) is 4.73. The first kappa shape index (κ1) is 25.7. The molecule has 1 saturated carbocycles. The molecule has 8 nitrogen and oxygen atoms in total. The van der Waals surface area contributed by atoms with E-state index in [1.165, 1.54) is 24.1 Å². The van der Waals surface area contributed by atoms with Crippen molar-refractivity contribution in [1.82, 2.24) is 24.8 Å². The number of aromatic nitrogens is 3. The van der Waals surface area contributed by atoms with E-state index in [1.807, 2.05) is 29.2 Å². The number of carbonyl (C=O) groups is 2. The van der Waals surface area contributed by atoms with Gasteiger partial charge in [-0.3, -0.25) is 9.59 Å². The van der Waals surface area contributed by atoms with Gasteiger partial charge < -0.3 is 15.1 Å². The Hall–Kier alpha value is -4.27. The lowest BCUT2D eigenvalue weighted by Gasteiger charge is -2.35.